The summed E-state index contributed by atoms with van der Waals surface area (Å²) < 4.78 is 8.24. The maximum Gasteiger partial charge on any atom is 0.191 e. The van der Waals surface area contributed by atoms with Gasteiger partial charge in [-0.25, -0.2) is 0 Å². The Hall–Kier alpha value is -1.33. The van der Waals surface area contributed by atoms with E-state index in [0.717, 1.165) is 36.1 Å². The average Bonchev–Trinajstić information content (AvgIpc) is 3.02. The van der Waals surface area contributed by atoms with Crippen LogP contribution in [0.1, 0.15) is 38.1 Å². The van der Waals surface area contributed by atoms with Gasteiger partial charge in [0.15, 0.2) is 5.16 Å². The van der Waals surface area contributed by atoms with Crippen molar-refractivity contribution in [2.75, 3.05) is 5.75 Å². The maximum absolute atomic E-state index is 6.06. The monoisotopic (exact) mass is 317 g/mol. The third-order valence-electron chi connectivity index (χ3n) is 4.04. The van der Waals surface area contributed by atoms with E-state index in [0.29, 0.717) is 6.10 Å². The molecular formula is C17H23N3OS. The van der Waals surface area contributed by atoms with Gasteiger partial charge in [-0.2, -0.15) is 0 Å². The van der Waals surface area contributed by atoms with Crippen LogP contribution in [0.4, 0.5) is 0 Å². The molecule has 1 saturated heterocycles. The van der Waals surface area contributed by atoms with E-state index in [-0.39, 0.29) is 5.60 Å². The van der Waals surface area contributed by atoms with Crippen LogP contribution in [0.5, 0.6) is 0 Å². The molecule has 0 saturated carbocycles. The Kier molecular flexibility index (Phi) is 4.54. The smallest absolute Gasteiger partial charge is 0.191 e. The lowest BCUT2D eigenvalue weighted by Crippen LogP contribution is -2.21. The van der Waals surface area contributed by atoms with Gasteiger partial charge in [0.25, 0.3) is 0 Å². The summed E-state index contributed by atoms with van der Waals surface area (Å²) in [6.07, 6.45) is 2.59. The summed E-state index contributed by atoms with van der Waals surface area (Å²) in [5, 5.41) is 9.55. The number of aromatic nitrogens is 3. The second-order valence-corrected chi connectivity index (χ2v) is 7.44. The fraction of sp³-hybridized carbons (Fsp3) is 0.529. The summed E-state index contributed by atoms with van der Waals surface area (Å²) in [6, 6.07) is 10.4. The minimum atomic E-state index is 0.0266. The molecule has 1 atom stereocenters. The number of aryl methyl sites for hydroxylation is 1. The van der Waals surface area contributed by atoms with Crippen LogP contribution in [0.3, 0.4) is 0 Å². The number of nitrogens with zero attached hydrogens (tertiary/aromatic N) is 3. The van der Waals surface area contributed by atoms with E-state index in [4.69, 9.17) is 4.74 Å². The molecule has 1 aliphatic rings. The van der Waals surface area contributed by atoms with Gasteiger partial charge in [-0.05, 0) is 39.2 Å². The molecule has 0 aliphatic carbocycles. The second-order valence-electron chi connectivity index (χ2n) is 6.45. The molecule has 22 heavy (non-hydrogen) atoms. The molecular weight excluding hydrogens is 294 g/mol. The molecule has 0 amide bonds. The molecule has 5 heteroatoms. The highest BCUT2D eigenvalue weighted by Crippen LogP contribution is 2.32. The molecule has 1 aromatic heterocycles. The van der Waals surface area contributed by atoms with Crippen molar-refractivity contribution in [1.29, 1.82) is 0 Å². The Labute approximate surface area is 136 Å². The molecule has 0 N–H and O–H groups in total. The molecule has 3 rings (SSSR count). The van der Waals surface area contributed by atoms with Crippen LogP contribution in [0.25, 0.3) is 0 Å². The summed E-state index contributed by atoms with van der Waals surface area (Å²) in [5.41, 5.74) is 1.30. The van der Waals surface area contributed by atoms with E-state index >= 15 is 0 Å². The number of thioether (sulfide) groups is 1. The van der Waals surface area contributed by atoms with Gasteiger partial charge >= 0.3 is 0 Å². The highest BCUT2D eigenvalue weighted by Gasteiger charge is 2.31. The summed E-state index contributed by atoms with van der Waals surface area (Å²) in [5.74, 6) is 1.90. The first-order chi connectivity index (χ1) is 10.5. The standard InChI is InChI=1S/C17H23N3OS/c1-13-18-19-16(20(13)11-14-7-5-4-6-8-14)22-12-15-9-10-17(2,3)21-15/h4-8,15H,9-12H2,1-3H3/t15-/m0/s1. The van der Waals surface area contributed by atoms with E-state index in [9.17, 15) is 0 Å². The lowest BCUT2D eigenvalue weighted by Gasteiger charge is -2.19. The molecule has 2 aromatic rings. The predicted molar refractivity (Wildman–Crippen MR) is 89.2 cm³/mol. The van der Waals surface area contributed by atoms with Crippen molar-refractivity contribution >= 4 is 11.8 Å². The van der Waals surface area contributed by atoms with Crippen LogP contribution in [0.15, 0.2) is 35.5 Å². The molecule has 1 aromatic carbocycles. The van der Waals surface area contributed by atoms with Crippen molar-refractivity contribution in [2.24, 2.45) is 0 Å². The van der Waals surface area contributed by atoms with Gasteiger partial charge in [0.1, 0.15) is 5.82 Å². The average molecular weight is 317 g/mol. The van der Waals surface area contributed by atoms with Crippen molar-refractivity contribution in [3.8, 4) is 0 Å². The van der Waals surface area contributed by atoms with Crippen LogP contribution in [0.2, 0.25) is 0 Å². The molecule has 1 fully saturated rings. The van der Waals surface area contributed by atoms with Gasteiger partial charge in [0.2, 0.25) is 0 Å². The van der Waals surface area contributed by atoms with E-state index in [1.807, 2.05) is 13.0 Å². The van der Waals surface area contributed by atoms with Gasteiger partial charge in [0, 0.05) is 5.75 Å². The number of ether oxygens (including phenoxy) is 1. The second kappa shape index (κ2) is 6.42. The van der Waals surface area contributed by atoms with Gasteiger partial charge in [-0.15, -0.1) is 10.2 Å². The van der Waals surface area contributed by atoms with Crippen molar-refractivity contribution in [3.05, 3.63) is 41.7 Å². The molecule has 118 valence electrons. The van der Waals surface area contributed by atoms with Crippen LogP contribution >= 0.6 is 11.8 Å². The Bertz CT molecular complexity index is 624. The van der Waals surface area contributed by atoms with E-state index in [1.54, 1.807) is 11.8 Å². The van der Waals surface area contributed by atoms with Crippen LogP contribution in [-0.4, -0.2) is 32.2 Å². The lowest BCUT2D eigenvalue weighted by atomic mass is 10.1. The quantitative estimate of drug-likeness (QED) is 0.789. The molecule has 4 nitrogen and oxygen atoms in total. The van der Waals surface area contributed by atoms with E-state index in [2.05, 4.69) is 52.9 Å². The SMILES string of the molecule is Cc1nnc(SC[C@@H]2CCC(C)(C)O2)n1Cc1ccccc1. The fourth-order valence-corrected chi connectivity index (χ4v) is 3.80. The van der Waals surface area contributed by atoms with Gasteiger partial charge in [-0.3, -0.25) is 0 Å². The molecule has 1 aliphatic heterocycles. The van der Waals surface area contributed by atoms with Gasteiger partial charge in [-0.1, -0.05) is 42.1 Å². The van der Waals surface area contributed by atoms with E-state index in [1.165, 1.54) is 5.56 Å². The first kappa shape index (κ1) is 15.6. The Morgan fingerprint density at radius 1 is 1.27 bits per heavy atom. The number of benzene rings is 1. The zero-order valence-electron chi connectivity index (χ0n) is 13.5. The maximum atomic E-state index is 6.06. The highest BCUT2D eigenvalue weighted by atomic mass is 32.2. The first-order valence-electron chi connectivity index (χ1n) is 7.78. The predicted octanol–water partition coefficient (Wildman–Crippen LogP) is 3.68. The highest BCUT2D eigenvalue weighted by molar-refractivity contribution is 7.99. The van der Waals surface area contributed by atoms with Gasteiger partial charge in [0.05, 0.1) is 18.2 Å². The van der Waals surface area contributed by atoms with Crippen molar-refractivity contribution in [1.82, 2.24) is 14.8 Å². The van der Waals surface area contributed by atoms with Crippen molar-refractivity contribution in [3.63, 3.8) is 0 Å². The van der Waals surface area contributed by atoms with E-state index < -0.39 is 0 Å². The number of rotatable bonds is 5. The van der Waals surface area contributed by atoms with Crippen LogP contribution in [-0.2, 0) is 11.3 Å². The third kappa shape index (κ3) is 3.70. The zero-order chi connectivity index (χ0) is 15.6. The minimum absolute atomic E-state index is 0.0266. The normalized spacial score (nSPS) is 20.4. The Balaban J connectivity index is 1.65. The molecule has 0 radical (unpaired) electrons. The Morgan fingerprint density at radius 3 is 2.73 bits per heavy atom. The van der Waals surface area contributed by atoms with Crippen molar-refractivity contribution in [2.45, 2.75) is 57.0 Å². The summed E-state index contributed by atoms with van der Waals surface area (Å²) in [6.45, 7) is 7.16. The largest absolute Gasteiger partial charge is 0.371 e. The molecule has 0 spiro atoms. The van der Waals surface area contributed by atoms with Crippen molar-refractivity contribution < 1.29 is 4.74 Å². The first-order valence-corrected chi connectivity index (χ1v) is 8.76. The molecule has 0 bridgehead atoms. The summed E-state index contributed by atoms with van der Waals surface area (Å²) in [7, 11) is 0. The summed E-state index contributed by atoms with van der Waals surface area (Å²) in [4.78, 5) is 0. The zero-order valence-corrected chi connectivity index (χ0v) is 14.3. The van der Waals surface area contributed by atoms with Crippen LogP contribution in [0, 0.1) is 6.92 Å². The number of hydrogen-bond donors (Lipinski definition) is 0. The Morgan fingerprint density at radius 2 is 2.05 bits per heavy atom. The molecule has 0 unspecified atom stereocenters. The fourth-order valence-electron chi connectivity index (χ4n) is 2.78. The van der Waals surface area contributed by atoms with Gasteiger partial charge < -0.3 is 9.30 Å². The van der Waals surface area contributed by atoms with Crippen LogP contribution < -0.4 is 0 Å². The third-order valence-corrected chi connectivity index (χ3v) is 5.14. The lowest BCUT2D eigenvalue weighted by molar-refractivity contribution is -0.00469. The molecule has 2 heterocycles. The minimum Gasteiger partial charge on any atom is -0.371 e. The number of hydrogen-bond acceptors (Lipinski definition) is 4. The topological polar surface area (TPSA) is 39.9 Å². The summed E-state index contributed by atoms with van der Waals surface area (Å²) >= 11 is 1.75.